The number of amides is 1. The molecule has 1 amide bonds. The Morgan fingerprint density at radius 2 is 2.00 bits per heavy atom. The van der Waals surface area contributed by atoms with Crippen LogP contribution in [0.1, 0.15) is 21.5 Å². The molecule has 0 aliphatic rings. The fraction of sp³-hybridized carbons (Fsp3) is 0.188. The third kappa shape index (κ3) is 3.51. The summed E-state index contributed by atoms with van der Waals surface area (Å²) < 4.78 is 13.0. The van der Waals surface area contributed by atoms with Crippen LogP contribution in [0.3, 0.4) is 0 Å². The van der Waals surface area contributed by atoms with Gasteiger partial charge in [0.15, 0.2) is 11.5 Å². The highest BCUT2D eigenvalue weighted by Crippen LogP contribution is 2.27. The van der Waals surface area contributed by atoms with Crippen LogP contribution in [0.2, 0.25) is 0 Å². The van der Waals surface area contributed by atoms with Crippen LogP contribution in [0, 0.1) is 12.7 Å². The van der Waals surface area contributed by atoms with Gasteiger partial charge in [-0.1, -0.05) is 12.1 Å². The van der Waals surface area contributed by atoms with E-state index in [2.05, 4.69) is 5.32 Å². The van der Waals surface area contributed by atoms with Crippen LogP contribution in [0.4, 0.5) is 4.39 Å². The van der Waals surface area contributed by atoms with Gasteiger partial charge in [0.1, 0.15) is 5.82 Å². The minimum absolute atomic E-state index is 0.0193. The van der Waals surface area contributed by atoms with Gasteiger partial charge in [0.2, 0.25) is 0 Å². The van der Waals surface area contributed by atoms with Gasteiger partial charge in [0.25, 0.3) is 5.91 Å². The largest absolute Gasteiger partial charge is 0.504 e. The first-order valence-corrected chi connectivity index (χ1v) is 6.53. The molecule has 4 nitrogen and oxygen atoms in total. The van der Waals surface area contributed by atoms with Crippen molar-refractivity contribution in [3.63, 3.8) is 0 Å². The number of carbonyl (C=O) groups is 1. The maximum Gasteiger partial charge on any atom is 0.255 e. The van der Waals surface area contributed by atoms with Crippen molar-refractivity contribution < 1.29 is 19.4 Å². The molecule has 3 N–H and O–H groups in total. The summed E-state index contributed by atoms with van der Waals surface area (Å²) in [7, 11) is 0. The molecule has 0 aliphatic carbocycles. The highest BCUT2D eigenvalue weighted by Gasteiger charge is 2.13. The normalized spacial score (nSPS) is 10.4. The Bertz CT molecular complexity index is 671. The SMILES string of the molecule is Cc1cc(F)ccc1CCNC(=O)c1cccc(O)c1O. The van der Waals surface area contributed by atoms with E-state index in [0.29, 0.717) is 13.0 Å². The number of carbonyl (C=O) groups excluding carboxylic acids is 1. The third-order valence-corrected chi connectivity index (χ3v) is 3.24. The summed E-state index contributed by atoms with van der Waals surface area (Å²) in [6, 6.07) is 8.71. The molecule has 0 saturated heterocycles. The lowest BCUT2D eigenvalue weighted by atomic mass is 10.1. The standard InChI is InChI=1S/C16H16FNO3/c1-10-9-12(17)6-5-11(10)7-8-18-16(21)13-3-2-4-14(19)15(13)20/h2-6,9,19-20H,7-8H2,1H3,(H,18,21). The minimum atomic E-state index is -0.469. The average Bonchev–Trinajstić information content (AvgIpc) is 2.44. The van der Waals surface area contributed by atoms with E-state index in [4.69, 9.17) is 0 Å². The zero-order valence-corrected chi connectivity index (χ0v) is 11.6. The summed E-state index contributed by atoms with van der Waals surface area (Å²) in [4.78, 5) is 11.9. The molecule has 2 rings (SSSR count). The molecule has 0 bridgehead atoms. The summed E-state index contributed by atoms with van der Waals surface area (Å²) in [6.07, 6.45) is 0.553. The van der Waals surface area contributed by atoms with Crippen molar-refractivity contribution in [2.75, 3.05) is 6.54 Å². The van der Waals surface area contributed by atoms with Gasteiger partial charge in [-0.05, 0) is 48.7 Å². The molecule has 0 atom stereocenters. The molecule has 0 aliphatic heterocycles. The van der Waals surface area contributed by atoms with Crippen LogP contribution >= 0.6 is 0 Å². The molecule has 0 fully saturated rings. The number of halogens is 1. The van der Waals surface area contributed by atoms with Gasteiger partial charge in [-0.2, -0.15) is 0 Å². The fourth-order valence-corrected chi connectivity index (χ4v) is 2.06. The Labute approximate surface area is 121 Å². The van der Waals surface area contributed by atoms with Crippen LogP contribution in [0.5, 0.6) is 11.5 Å². The molecule has 0 aromatic heterocycles. The summed E-state index contributed by atoms with van der Waals surface area (Å²) in [6.45, 7) is 2.15. The van der Waals surface area contributed by atoms with Crippen LogP contribution in [0.15, 0.2) is 36.4 Å². The van der Waals surface area contributed by atoms with E-state index in [1.807, 2.05) is 0 Å². The summed E-state index contributed by atoms with van der Waals surface area (Å²) in [5.74, 6) is -1.53. The Morgan fingerprint density at radius 3 is 2.71 bits per heavy atom. The monoisotopic (exact) mass is 289 g/mol. The van der Waals surface area contributed by atoms with Gasteiger partial charge in [-0.3, -0.25) is 4.79 Å². The molecule has 2 aromatic carbocycles. The second kappa shape index (κ2) is 6.26. The van der Waals surface area contributed by atoms with E-state index in [-0.39, 0.29) is 17.1 Å². The lowest BCUT2D eigenvalue weighted by Crippen LogP contribution is -2.25. The number of nitrogens with one attached hydrogen (secondary N) is 1. The maximum absolute atomic E-state index is 13.0. The number of benzene rings is 2. The lowest BCUT2D eigenvalue weighted by molar-refractivity contribution is 0.0950. The molecule has 21 heavy (non-hydrogen) atoms. The zero-order chi connectivity index (χ0) is 15.4. The van der Waals surface area contributed by atoms with E-state index < -0.39 is 11.7 Å². The predicted octanol–water partition coefficient (Wildman–Crippen LogP) is 2.52. The Hall–Kier alpha value is -2.56. The molecular weight excluding hydrogens is 273 g/mol. The molecule has 0 radical (unpaired) electrons. The number of rotatable bonds is 4. The number of aryl methyl sites for hydroxylation is 1. The highest BCUT2D eigenvalue weighted by molar-refractivity contribution is 5.97. The first-order chi connectivity index (χ1) is 9.99. The van der Waals surface area contributed by atoms with Gasteiger partial charge < -0.3 is 15.5 Å². The smallest absolute Gasteiger partial charge is 0.255 e. The number of para-hydroxylation sites is 1. The zero-order valence-electron chi connectivity index (χ0n) is 11.6. The van der Waals surface area contributed by atoms with Gasteiger partial charge in [-0.15, -0.1) is 0 Å². The van der Waals surface area contributed by atoms with Crippen molar-refractivity contribution in [2.24, 2.45) is 0 Å². The number of phenolic OH excluding ortho intramolecular Hbond substituents is 2. The van der Waals surface area contributed by atoms with Crippen molar-refractivity contribution in [2.45, 2.75) is 13.3 Å². The molecule has 110 valence electrons. The van der Waals surface area contributed by atoms with E-state index in [9.17, 15) is 19.4 Å². The maximum atomic E-state index is 13.0. The Kier molecular flexibility index (Phi) is 4.42. The summed E-state index contributed by atoms with van der Waals surface area (Å²) in [5, 5.41) is 21.6. The van der Waals surface area contributed by atoms with E-state index in [1.165, 1.54) is 30.3 Å². The van der Waals surface area contributed by atoms with Crippen molar-refractivity contribution in [1.29, 1.82) is 0 Å². The van der Waals surface area contributed by atoms with E-state index in [0.717, 1.165) is 11.1 Å². The highest BCUT2D eigenvalue weighted by atomic mass is 19.1. The molecule has 5 heteroatoms. The number of aromatic hydroxyl groups is 2. The first kappa shape index (κ1) is 14.8. The van der Waals surface area contributed by atoms with Crippen molar-refractivity contribution in [1.82, 2.24) is 5.32 Å². The predicted molar refractivity (Wildman–Crippen MR) is 76.9 cm³/mol. The van der Waals surface area contributed by atoms with Crippen molar-refractivity contribution in [3.8, 4) is 11.5 Å². The van der Waals surface area contributed by atoms with Crippen LogP contribution in [-0.2, 0) is 6.42 Å². The van der Waals surface area contributed by atoms with Crippen LogP contribution < -0.4 is 5.32 Å². The van der Waals surface area contributed by atoms with Crippen LogP contribution in [0.25, 0.3) is 0 Å². The van der Waals surface area contributed by atoms with Gasteiger partial charge in [-0.25, -0.2) is 4.39 Å². The van der Waals surface area contributed by atoms with Gasteiger partial charge in [0.05, 0.1) is 5.56 Å². The number of hydrogen-bond acceptors (Lipinski definition) is 3. The second-order valence-electron chi connectivity index (χ2n) is 4.75. The van der Waals surface area contributed by atoms with E-state index in [1.54, 1.807) is 13.0 Å². The quantitative estimate of drug-likeness (QED) is 0.757. The minimum Gasteiger partial charge on any atom is -0.504 e. The van der Waals surface area contributed by atoms with Gasteiger partial charge >= 0.3 is 0 Å². The molecule has 0 spiro atoms. The molecule has 0 unspecified atom stereocenters. The van der Waals surface area contributed by atoms with Crippen molar-refractivity contribution in [3.05, 3.63) is 58.9 Å². The number of phenols is 2. The van der Waals surface area contributed by atoms with Crippen LogP contribution in [-0.4, -0.2) is 22.7 Å². The van der Waals surface area contributed by atoms with E-state index >= 15 is 0 Å². The second-order valence-corrected chi connectivity index (χ2v) is 4.75. The fourth-order valence-electron chi connectivity index (χ4n) is 2.06. The molecule has 0 heterocycles. The molecule has 2 aromatic rings. The Balaban J connectivity index is 1.97. The number of hydrogen-bond donors (Lipinski definition) is 3. The van der Waals surface area contributed by atoms with Crippen molar-refractivity contribution >= 4 is 5.91 Å². The molecule has 0 saturated carbocycles. The summed E-state index contributed by atoms with van der Waals surface area (Å²) >= 11 is 0. The average molecular weight is 289 g/mol. The third-order valence-electron chi connectivity index (χ3n) is 3.24. The lowest BCUT2D eigenvalue weighted by Gasteiger charge is -2.09. The van der Waals surface area contributed by atoms with Gasteiger partial charge in [0, 0.05) is 6.54 Å². The first-order valence-electron chi connectivity index (χ1n) is 6.53. The summed E-state index contributed by atoms with van der Waals surface area (Å²) in [5.41, 5.74) is 1.78. The molecular formula is C16H16FNO3. The Morgan fingerprint density at radius 1 is 1.24 bits per heavy atom. The topological polar surface area (TPSA) is 69.6 Å².